The zero-order valence-corrected chi connectivity index (χ0v) is 13.1. The van der Waals surface area contributed by atoms with Crippen molar-refractivity contribution in [3.63, 3.8) is 0 Å². The largest absolute Gasteiger partial charge is 0.490 e. The van der Waals surface area contributed by atoms with Gasteiger partial charge in [-0.25, -0.2) is 0 Å². The molecule has 1 aliphatic rings. The number of hydrogen-bond donors (Lipinski definition) is 1. The minimum absolute atomic E-state index is 0.592. The van der Waals surface area contributed by atoms with Gasteiger partial charge in [0.15, 0.2) is 0 Å². The number of hydrogen-bond acceptors (Lipinski definition) is 3. The molecular formula is C17H28N2O. The van der Waals surface area contributed by atoms with Crippen LogP contribution < -0.4 is 10.1 Å². The van der Waals surface area contributed by atoms with Gasteiger partial charge in [-0.05, 0) is 50.6 Å². The Morgan fingerprint density at radius 3 is 2.95 bits per heavy atom. The minimum atomic E-state index is 0.592. The first-order valence-corrected chi connectivity index (χ1v) is 7.98. The van der Waals surface area contributed by atoms with Crippen LogP contribution in [0.5, 0.6) is 5.75 Å². The van der Waals surface area contributed by atoms with E-state index in [4.69, 9.17) is 4.74 Å². The summed E-state index contributed by atoms with van der Waals surface area (Å²) in [4.78, 5) is 2.58. The van der Waals surface area contributed by atoms with Gasteiger partial charge in [0.1, 0.15) is 12.4 Å². The van der Waals surface area contributed by atoms with Gasteiger partial charge in [-0.15, -0.1) is 0 Å². The van der Waals surface area contributed by atoms with Gasteiger partial charge in [0.25, 0.3) is 0 Å². The molecule has 1 aromatic rings. The van der Waals surface area contributed by atoms with Crippen molar-refractivity contribution in [2.75, 3.05) is 31.6 Å². The summed E-state index contributed by atoms with van der Waals surface area (Å²) in [7, 11) is 0. The fourth-order valence-electron chi connectivity index (χ4n) is 2.84. The van der Waals surface area contributed by atoms with Gasteiger partial charge in [-0.2, -0.15) is 0 Å². The molecule has 0 radical (unpaired) electrons. The van der Waals surface area contributed by atoms with E-state index in [-0.39, 0.29) is 0 Å². The molecule has 2 rings (SSSR count). The Kier molecular flexibility index (Phi) is 5.72. The molecule has 1 atom stereocenters. The molecule has 112 valence electrons. The molecule has 0 saturated heterocycles. The minimum Gasteiger partial charge on any atom is -0.490 e. The first-order chi connectivity index (χ1) is 9.74. The third-order valence-electron chi connectivity index (χ3n) is 4.08. The second kappa shape index (κ2) is 7.53. The molecule has 0 amide bonds. The van der Waals surface area contributed by atoms with Crippen LogP contribution in [0.2, 0.25) is 0 Å². The number of nitrogens with one attached hydrogen (secondary N) is 1. The lowest BCUT2D eigenvalue weighted by atomic mass is 10.0. The molecular weight excluding hydrogens is 248 g/mol. The molecule has 0 aliphatic carbocycles. The van der Waals surface area contributed by atoms with Crippen LogP contribution in [0.1, 0.15) is 39.2 Å². The number of fused-ring (bicyclic) bond motifs is 1. The molecule has 0 aromatic heterocycles. The molecule has 1 unspecified atom stereocenters. The monoisotopic (exact) mass is 276 g/mol. The number of unbranched alkanes of at least 4 members (excludes halogenated alkanes) is 1. The summed E-state index contributed by atoms with van der Waals surface area (Å²) in [6.07, 6.45) is 3.66. The summed E-state index contributed by atoms with van der Waals surface area (Å²) in [5, 5.41) is 3.42. The number of nitrogens with zero attached hydrogens (tertiary/aromatic N) is 1. The smallest absolute Gasteiger partial charge is 0.142 e. The van der Waals surface area contributed by atoms with Gasteiger partial charge in [0, 0.05) is 12.6 Å². The summed E-state index contributed by atoms with van der Waals surface area (Å²) in [6, 6.07) is 7.15. The fraction of sp³-hybridized carbons (Fsp3) is 0.647. The maximum atomic E-state index is 5.63. The van der Waals surface area contributed by atoms with Crippen LogP contribution in [0, 0.1) is 0 Å². The fourth-order valence-corrected chi connectivity index (χ4v) is 2.84. The molecule has 1 aliphatic heterocycles. The Morgan fingerprint density at radius 1 is 1.35 bits per heavy atom. The highest BCUT2D eigenvalue weighted by Gasteiger charge is 2.14. The van der Waals surface area contributed by atoms with Gasteiger partial charge in [-0.1, -0.05) is 26.3 Å². The van der Waals surface area contributed by atoms with Gasteiger partial charge >= 0.3 is 0 Å². The SMILES string of the molecule is CCCCN(CC)C(C)Cc1ccc2c(c1)NCCO2. The van der Waals surface area contributed by atoms with E-state index in [0.29, 0.717) is 6.04 Å². The van der Waals surface area contributed by atoms with E-state index >= 15 is 0 Å². The first kappa shape index (κ1) is 15.2. The van der Waals surface area contributed by atoms with Crippen molar-refractivity contribution in [2.24, 2.45) is 0 Å². The molecule has 0 saturated carbocycles. The van der Waals surface area contributed by atoms with Crippen molar-refractivity contribution in [1.82, 2.24) is 4.90 Å². The van der Waals surface area contributed by atoms with E-state index in [9.17, 15) is 0 Å². The molecule has 20 heavy (non-hydrogen) atoms. The van der Waals surface area contributed by atoms with Gasteiger partial charge in [0.05, 0.1) is 5.69 Å². The summed E-state index contributed by atoms with van der Waals surface area (Å²) in [6.45, 7) is 10.9. The zero-order chi connectivity index (χ0) is 14.4. The third-order valence-corrected chi connectivity index (χ3v) is 4.08. The first-order valence-electron chi connectivity index (χ1n) is 7.98. The highest BCUT2D eigenvalue weighted by molar-refractivity contribution is 5.59. The maximum absolute atomic E-state index is 5.63. The third kappa shape index (κ3) is 3.89. The second-order valence-corrected chi connectivity index (χ2v) is 5.64. The lowest BCUT2D eigenvalue weighted by Crippen LogP contribution is -2.35. The van der Waals surface area contributed by atoms with E-state index in [1.807, 2.05) is 0 Å². The summed E-state index contributed by atoms with van der Waals surface area (Å²) in [5.41, 5.74) is 2.54. The van der Waals surface area contributed by atoms with Crippen molar-refractivity contribution in [3.05, 3.63) is 23.8 Å². The number of ether oxygens (including phenoxy) is 1. The Bertz CT molecular complexity index is 419. The Morgan fingerprint density at radius 2 is 2.20 bits per heavy atom. The van der Waals surface area contributed by atoms with Crippen molar-refractivity contribution in [2.45, 2.75) is 46.1 Å². The van der Waals surface area contributed by atoms with E-state index in [2.05, 4.69) is 49.2 Å². The molecule has 0 spiro atoms. The van der Waals surface area contributed by atoms with Crippen LogP contribution in [0.15, 0.2) is 18.2 Å². The van der Waals surface area contributed by atoms with E-state index < -0.39 is 0 Å². The lowest BCUT2D eigenvalue weighted by molar-refractivity contribution is 0.215. The number of rotatable bonds is 7. The lowest BCUT2D eigenvalue weighted by Gasteiger charge is -2.28. The molecule has 0 fully saturated rings. The normalized spacial score (nSPS) is 15.4. The van der Waals surface area contributed by atoms with Crippen LogP contribution in [0.3, 0.4) is 0 Å². The molecule has 1 aromatic carbocycles. The molecule has 3 heteroatoms. The average molecular weight is 276 g/mol. The maximum Gasteiger partial charge on any atom is 0.142 e. The molecule has 1 N–H and O–H groups in total. The summed E-state index contributed by atoms with van der Waals surface area (Å²) >= 11 is 0. The van der Waals surface area contributed by atoms with Crippen molar-refractivity contribution in [1.29, 1.82) is 0 Å². The molecule has 1 heterocycles. The number of likely N-dealkylation sites (N-methyl/N-ethyl adjacent to an activating group) is 1. The van der Waals surface area contributed by atoms with Gasteiger partial charge < -0.3 is 15.0 Å². The quantitative estimate of drug-likeness (QED) is 0.824. The van der Waals surface area contributed by atoms with E-state index in [1.54, 1.807) is 0 Å². The highest BCUT2D eigenvalue weighted by Crippen LogP contribution is 2.28. The average Bonchev–Trinajstić information content (AvgIpc) is 2.48. The Labute approximate surface area is 123 Å². The van der Waals surface area contributed by atoms with Crippen LogP contribution in [-0.2, 0) is 6.42 Å². The van der Waals surface area contributed by atoms with E-state index in [1.165, 1.54) is 24.9 Å². The summed E-state index contributed by atoms with van der Waals surface area (Å²) in [5.74, 6) is 0.992. The topological polar surface area (TPSA) is 24.5 Å². The molecule has 3 nitrogen and oxygen atoms in total. The summed E-state index contributed by atoms with van der Waals surface area (Å²) < 4.78 is 5.63. The predicted octanol–water partition coefficient (Wildman–Crippen LogP) is 3.54. The number of benzene rings is 1. The number of anilines is 1. The predicted molar refractivity (Wildman–Crippen MR) is 85.7 cm³/mol. The van der Waals surface area contributed by atoms with Gasteiger partial charge in [0.2, 0.25) is 0 Å². The van der Waals surface area contributed by atoms with Crippen LogP contribution in [0.25, 0.3) is 0 Å². The van der Waals surface area contributed by atoms with Crippen molar-refractivity contribution >= 4 is 5.69 Å². The Balaban J connectivity index is 1.97. The van der Waals surface area contributed by atoms with Crippen molar-refractivity contribution in [3.8, 4) is 5.75 Å². The molecule has 0 bridgehead atoms. The van der Waals surface area contributed by atoms with Crippen molar-refractivity contribution < 1.29 is 4.74 Å². The second-order valence-electron chi connectivity index (χ2n) is 5.64. The van der Waals surface area contributed by atoms with Crippen LogP contribution in [0.4, 0.5) is 5.69 Å². The van der Waals surface area contributed by atoms with Crippen LogP contribution >= 0.6 is 0 Å². The zero-order valence-electron chi connectivity index (χ0n) is 13.1. The van der Waals surface area contributed by atoms with Gasteiger partial charge in [-0.3, -0.25) is 0 Å². The van der Waals surface area contributed by atoms with E-state index in [0.717, 1.165) is 37.6 Å². The van der Waals surface area contributed by atoms with Crippen LogP contribution in [-0.4, -0.2) is 37.2 Å². The highest BCUT2D eigenvalue weighted by atomic mass is 16.5. The standard InChI is InChI=1S/C17H28N2O/c1-4-6-10-19(5-2)14(3)12-15-7-8-17-16(13-15)18-9-11-20-17/h7-8,13-14,18H,4-6,9-12H2,1-3H3. The Hall–Kier alpha value is -1.22.